The zero-order chi connectivity index (χ0) is 14.7. The molecule has 0 spiro atoms. The van der Waals surface area contributed by atoms with E-state index in [-0.39, 0.29) is 16.5 Å². The number of nitrogens with zero attached hydrogens (tertiary/aromatic N) is 1. The largest absolute Gasteiger partial charge is 0.320 e. The van der Waals surface area contributed by atoms with E-state index >= 15 is 0 Å². The van der Waals surface area contributed by atoms with Gasteiger partial charge in [0.05, 0.1) is 5.02 Å². The van der Waals surface area contributed by atoms with Crippen molar-refractivity contribution in [2.75, 3.05) is 10.7 Å². The molecule has 0 fully saturated rings. The summed E-state index contributed by atoms with van der Waals surface area (Å²) in [6.45, 7) is 1.69. The van der Waals surface area contributed by atoms with E-state index < -0.39 is 5.91 Å². The summed E-state index contributed by atoms with van der Waals surface area (Å²) >= 11 is 5.93. The molecule has 1 amide bonds. The molecule has 1 aromatic carbocycles. The van der Waals surface area contributed by atoms with Gasteiger partial charge in [-0.15, -0.1) is 0 Å². The highest BCUT2D eigenvalue weighted by atomic mass is 35.5. The Kier molecular flexibility index (Phi) is 4.16. The van der Waals surface area contributed by atoms with Crippen LogP contribution in [0.3, 0.4) is 0 Å². The number of benzene rings is 1. The van der Waals surface area contributed by atoms with Crippen LogP contribution >= 0.6 is 11.6 Å². The number of halogens is 2. The van der Waals surface area contributed by atoms with Crippen LogP contribution in [0.4, 0.5) is 15.9 Å². The highest BCUT2D eigenvalue weighted by molar-refractivity contribution is 6.34. The van der Waals surface area contributed by atoms with E-state index in [1.54, 1.807) is 13.0 Å². The van der Waals surface area contributed by atoms with Gasteiger partial charge < -0.3 is 10.7 Å². The van der Waals surface area contributed by atoms with E-state index in [0.29, 0.717) is 17.1 Å². The van der Waals surface area contributed by atoms with E-state index in [1.165, 1.54) is 24.3 Å². The number of anilines is 2. The van der Waals surface area contributed by atoms with Gasteiger partial charge in [0.25, 0.3) is 5.91 Å². The summed E-state index contributed by atoms with van der Waals surface area (Å²) in [5, 5.41) is 2.82. The molecule has 104 valence electrons. The molecule has 0 aliphatic heterocycles. The first kappa shape index (κ1) is 14.2. The van der Waals surface area contributed by atoms with Crippen LogP contribution < -0.4 is 16.6 Å². The fourth-order valence-corrected chi connectivity index (χ4v) is 1.82. The van der Waals surface area contributed by atoms with Gasteiger partial charge in [0.1, 0.15) is 17.3 Å². The minimum Gasteiger partial charge on any atom is -0.320 e. The number of aryl methyl sites for hydroxylation is 1. The molecule has 1 heterocycles. The molecule has 0 saturated heterocycles. The molecule has 1 aromatic heterocycles. The topological polar surface area (TPSA) is 80.0 Å². The molecule has 0 unspecified atom stereocenters. The molecule has 5 nitrogen and oxygen atoms in total. The second-order valence-corrected chi connectivity index (χ2v) is 4.49. The lowest BCUT2D eigenvalue weighted by Crippen LogP contribution is -2.17. The van der Waals surface area contributed by atoms with Gasteiger partial charge in [-0.1, -0.05) is 11.6 Å². The summed E-state index contributed by atoms with van der Waals surface area (Å²) in [5.74, 6) is 4.68. The second-order valence-electron chi connectivity index (χ2n) is 4.08. The van der Waals surface area contributed by atoms with Crippen molar-refractivity contribution in [1.29, 1.82) is 0 Å². The van der Waals surface area contributed by atoms with E-state index in [0.717, 1.165) is 0 Å². The Morgan fingerprint density at radius 1 is 1.35 bits per heavy atom. The molecule has 20 heavy (non-hydrogen) atoms. The number of hydrogen-bond acceptors (Lipinski definition) is 4. The summed E-state index contributed by atoms with van der Waals surface area (Å²) < 4.78 is 13.0. The Morgan fingerprint density at radius 2 is 2.10 bits per heavy atom. The lowest BCUT2D eigenvalue weighted by Gasteiger charge is -2.10. The maximum Gasteiger partial charge on any atom is 0.275 e. The van der Waals surface area contributed by atoms with Gasteiger partial charge in [0, 0.05) is 5.69 Å². The highest BCUT2D eigenvalue weighted by Gasteiger charge is 2.14. The van der Waals surface area contributed by atoms with Crippen molar-refractivity contribution in [1.82, 2.24) is 4.98 Å². The van der Waals surface area contributed by atoms with Crippen molar-refractivity contribution in [3.05, 3.63) is 52.4 Å². The fourth-order valence-electron chi connectivity index (χ4n) is 1.63. The molecule has 0 saturated carbocycles. The number of hydrazine groups is 1. The van der Waals surface area contributed by atoms with E-state index in [9.17, 15) is 9.18 Å². The Hall–Kier alpha value is -2.18. The van der Waals surface area contributed by atoms with Crippen LogP contribution in [0.15, 0.2) is 30.3 Å². The monoisotopic (exact) mass is 294 g/mol. The number of carbonyl (C=O) groups excluding carboxylic acids is 1. The van der Waals surface area contributed by atoms with Crippen LogP contribution in [0.2, 0.25) is 5.02 Å². The molecule has 0 radical (unpaired) electrons. The lowest BCUT2D eigenvalue weighted by atomic mass is 10.2. The van der Waals surface area contributed by atoms with Gasteiger partial charge >= 0.3 is 0 Å². The molecular weight excluding hydrogens is 283 g/mol. The quantitative estimate of drug-likeness (QED) is 0.600. The number of nitrogens with two attached hydrogens (primary N) is 1. The van der Waals surface area contributed by atoms with Gasteiger partial charge in [-0.3, -0.25) is 4.79 Å². The maximum absolute atomic E-state index is 13.0. The number of pyridine rings is 1. The number of amides is 1. The van der Waals surface area contributed by atoms with E-state index in [2.05, 4.69) is 15.7 Å². The Labute approximate surface area is 119 Å². The summed E-state index contributed by atoms with van der Waals surface area (Å²) in [6.07, 6.45) is 0. The van der Waals surface area contributed by atoms with Crippen molar-refractivity contribution in [3.63, 3.8) is 0 Å². The molecular formula is C13H12ClFN4O. The smallest absolute Gasteiger partial charge is 0.275 e. The Balaban J connectivity index is 2.28. The zero-order valence-electron chi connectivity index (χ0n) is 10.6. The van der Waals surface area contributed by atoms with Crippen LogP contribution in [0.1, 0.15) is 16.1 Å². The van der Waals surface area contributed by atoms with Crippen molar-refractivity contribution < 1.29 is 9.18 Å². The molecule has 7 heteroatoms. The second kappa shape index (κ2) is 5.85. The molecule has 0 atom stereocenters. The fraction of sp³-hybridized carbons (Fsp3) is 0.0769. The number of rotatable bonds is 3. The van der Waals surface area contributed by atoms with Crippen LogP contribution in [-0.4, -0.2) is 10.9 Å². The Morgan fingerprint density at radius 3 is 2.75 bits per heavy atom. The molecule has 2 rings (SSSR count). The molecule has 4 N–H and O–H groups in total. The third-order valence-electron chi connectivity index (χ3n) is 2.65. The van der Waals surface area contributed by atoms with Gasteiger partial charge in [0.2, 0.25) is 0 Å². The standard InChI is InChI=1S/C13H12ClFN4O/c1-7-6-8(15)2-4-10(7)17-13(20)12-9(14)3-5-11(18-12)19-16/h2-6H,16H2,1H3,(H,17,20)(H,18,19). The normalized spacial score (nSPS) is 10.2. The number of carbonyl (C=O) groups is 1. The van der Waals surface area contributed by atoms with Crippen LogP contribution in [-0.2, 0) is 0 Å². The number of hydrogen-bond donors (Lipinski definition) is 3. The molecule has 0 bridgehead atoms. The lowest BCUT2D eigenvalue weighted by molar-refractivity contribution is 0.102. The average Bonchev–Trinajstić information content (AvgIpc) is 2.42. The number of nitrogen functional groups attached to an aromatic ring is 1. The van der Waals surface area contributed by atoms with Crippen molar-refractivity contribution in [2.24, 2.45) is 5.84 Å². The summed E-state index contributed by atoms with van der Waals surface area (Å²) in [5.41, 5.74) is 3.45. The van der Waals surface area contributed by atoms with E-state index in [4.69, 9.17) is 17.4 Å². The zero-order valence-corrected chi connectivity index (χ0v) is 11.3. The van der Waals surface area contributed by atoms with E-state index in [1.807, 2.05) is 0 Å². The molecule has 2 aromatic rings. The minimum atomic E-state index is -0.498. The first-order valence-corrected chi connectivity index (χ1v) is 6.09. The molecule has 0 aliphatic carbocycles. The summed E-state index contributed by atoms with van der Waals surface area (Å²) in [6, 6.07) is 7.11. The van der Waals surface area contributed by atoms with Crippen molar-refractivity contribution in [3.8, 4) is 0 Å². The van der Waals surface area contributed by atoms with Gasteiger partial charge in [-0.2, -0.15) is 0 Å². The predicted octanol–water partition coefficient (Wildman–Crippen LogP) is 2.72. The van der Waals surface area contributed by atoms with Crippen LogP contribution in [0.5, 0.6) is 0 Å². The van der Waals surface area contributed by atoms with Crippen LogP contribution in [0.25, 0.3) is 0 Å². The highest BCUT2D eigenvalue weighted by Crippen LogP contribution is 2.20. The number of aromatic nitrogens is 1. The maximum atomic E-state index is 13.0. The predicted molar refractivity (Wildman–Crippen MR) is 76.1 cm³/mol. The average molecular weight is 295 g/mol. The SMILES string of the molecule is Cc1cc(F)ccc1NC(=O)c1nc(NN)ccc1Cl. The van der Waals surface area contributed by atoms with Gasteiger partial charge in [-0.05, 0) is 42.8 Å². The van der Waals surface area contributed by atoms with Gasteiger partial charge in [-0.25, -0.2) is 15.2 Å². The third-order valence-corrected chi connectivity index (χ3v) is 2.95. The Bertz CT molecular complexity index is 663. The summed E-state index contributed by atoms with van der Waals surface area (Å²) in [7, 11) is 0. The minimum absolute atomic E-state index is 0.0332. The first-order chi connectivity index (χ1) is 9.51. The van der Waals surface area contributed by atoms with Crippen molar-refractivity contribution >= 4 is 29.0 Å². The van der Waals surface area contributed by atoms with Crippen molar-refractivity contribution in [2.45, 2.75) is 6.92 Å². The number of nitrogens with one attached hydrogen (secondary N) is 2. The summed E-state index contributed by atoms with van der Waals surface area (Å²) in [4.78, 5) is 16.1. The van der Waals surface area contributed by atoms with Gasteiger partial charge in [0.15, 0.2) is 0 Å². The first-order valence-electron chi connectivity index (χ1n) is 5.72. The third kappa shape index (κ3) is 3.04. The molecule has 0 aliphatic rings. The van der Waals surface area contributed by atoms with Crippen LogP contribution in [0, 0.1) is 12.7 Å².